The van der Waals surface area contributed by atoms with Crippen LogP contribution in [0.2, 0.25) is 5.02 Å². The second kappa shape index (κ2) is 10.3. The van der Waals surface area contributed by atoms with Crippen LogP contribution in [-0.2, 0) is 11.3 Å². The van der Waals surface area contributed by atoms with Crippen molar-refractivity contribution in [1.82, 2.24) is 15.2 Å². The number of nitrogens with zero attached hydrogens (tertiary/aromatic N) is 2. The second-order valence-electron chi connectivity index (χ2n) is 8.73. The van der Waals surface area contributed by atoms with E-state index in [4.69, 9.17) is 21.8 Å². The Morgan fingerprint density at radius 2 is 1.83 bits per heavy atom. The Labute approximate surface area is 213 Å². The summed E-state index contributed by atoms with van der Waals surface area (Å²) in [6.45, 7) is 1.87. The molecule has 1 aliphatic rings. The van der Waals surface area contributed by atoms with Crippen LogP contribution in [0.25, 0.3) is 28.2 Å². The number of anilines is 1. The molecule has 2 amide bonds. The molecule has 7 nitrogen and oxygen atoms in total. The highest BCUT2D eigenvalue weighted by Crippen LogP contribution is 2.33. The minimum atomic E-state index is -0.261. The molecule has 3 heterocycles. The molecule has 182 valence electrons. The van der Waals surface area contributed by atoms with Crippen LogP contribution in [0.1, 0.15) is 34.5 Å². The van der Waals surface area contributed by atoms with Crippen molar-refractivity contribution < 1.29 is 14.0 Å². The van der Waals surface area contributed by atoms with E-state index in [1.165, 1.54) is 6.08 Å². The second-order valence-corrected chi connectivity index (χ2v) is 9.14. The molecule has 0 atom stereocenters. The molecule has 1 fully saturated rings. The summed E-state index contributed by atoms with van der Waals surface area (Å²) in [7, 11) is 0. The number of hydrogen-bond donors (Lipinski definition) is 2. The molecular weight excluding hydrogens is 476 g/mol. The number of rotatable bonds is 6. The summed E-state index contributed by atoms with van der Waals surface area (Å²) in [6, 6.07) is 16.7. The largest absolute Gasteiger partial charge is 0.458 e. The van der Waals surface area contributed by atoms with Crippen LogP contribution in [0, 0.1) is 0 Å². The average molecular weight is 501 g/mol. The summed E-state index contributed by atoms with van der Waals surface area (Å²) in [5.74, 6) is 0.830. The van der Waals surface area contributed by atoms with Gasteiger partial charge in [0.25, 0.3) is 5.91 Å². The molecule has 0 spiro atoms. The Kier molecular flexibility index (Phi) is 6.73. The van der Waals surface area contributed by atoms with Crippen LogP contribution in [0.15, 0.2) is 71.3 Å². The number of furan rings is 1. The molecular formula is C28H25ClN4O3. The van der Waals surface area contributed by atoms with Crippen LogP contribution in [-0.4, -0.2) is 34.8 Å². The van der Waals surface area contributed by atoms with Crippen LogP contribution < -0.4 is 11.1 Å². The summed E-state index contributed by atoms with van der Waals surface area (Å²) in [6.07, 6.45) is 6.82. The highest BCUT2D eigenvalue weighted by molar-refractivity contribution is 6.35. The summed E-state index contributed by atoms with van der Waals surface area (Å²) in [5, 5.41) is 4.12. The van der Waals surface area contributed by atoms with Crippen molar-refractivity contribution in [2.45, 2.75) is 19.4 Å². The van der Waals surface area contributed by atoms with Crippen molar-refractivity contribution in [2.75, 3.05) is 18.8 Å². The summed E-state index contributed by atoms with van der Waals surface area (Å²) < 4.78 is 5.88. The van der Waals surface area contributed by atoms with E-state index < -0.39 is 0 Å². The molecule has 0 unspecified atom stereocenters. The van der Waals surface area contributed by atoms with Crippen LogP contribution in [0.4, 0.5) is 5.82 Å². The molecule has 1 aliphatic heterocycles. The Bertz CT molecular complexity index is 1440. The van der Waals surface area contributed by atoms with Gasteiger partial charge in [-0.15, -0.1) is 0 Å². The fourth-order valence-corrected chi connectivity index (χ4v) is 4.51. The first-order valence-electron chi connectivity index (χ1n) is 11.8. The first-order valence-corrected chi connectivity index (χ1v) is 12.1. The number of nitrogens with one attached hydrogen (secondary N) is 1. The zero-order valence-electron chi connectivity index (χ0n) is 19.5. The van der Waals surface area contributed by atoms with Crippen molar-refractivity contribution in [3.63, 3.8) is 0 Å². The first kappa shape index (κ1) is 23.6. The lowest BCUT2D eigenvalue weighted by molar-refractivity contribution is -0.116. The Balaban J connectivity index is 1.27. The highest BCUT2D eigenvalue weighted by atomic mass is 35.5. The van der Waals surface area contributed by atoms with Gasteiger partial charge in [0.05, 0.1) is 11.6 Å². The Morgan fingerprint density at radius 1 is 1.06 bits per heavy atom. The number of amides is 2. The zero-order valence-corrected chi connectivity index (χ0v) is 20.3. The predicted octanol–water partition coefficient (Wildman–Crippen LogP) is 5.30. The van der Waals surface area contributed by atoms with Gasteiger partial charge in [0.2, 0.25) is 5.91 Å². The lowest BCUT2D eigenvalue weighted by atomic mass is 10.0. The maximum Gasteiger partial charge on any atom is 0.253 e. The lowest BCUT2D eigenvalue weighted by Gasteiger charge is -2.15. The van der Waals surface area contributed by atoms with Crippen molar-refractivity contribution in [3.05, 3.63) is 88.8 Å². The van der Waals surface area contributed by atoms with Gasteiger partial charge in [-0.25, -0.2) is 4.98 Å². The Hall–Kier alpha value is -4.10. The average Bonchev–Trinajstić information content (AvgIpc) is 3.57. The smallest absolute Gasteiger partial charge is 0.253 e. The molecule has 5 rings (SSSR count). The molecule has 3 N–H and O–H groups in total. The van der Waals surface area contributed by atoms with Gasteiger partial charge in [-0.2, -0.15) is 0 Å². The van der Waals surface area contributed by atoms with Gasteiger partial charge >= 0.3 is 0 Å². The third kappa shape index (κ3) is 5.26. The normalized spacial score (nSPS) is 13.5. The molecule has 1 saturated heterocycles. The molecule has 0 saturated carbocycles. The summed E-state index contributed by atoms with van der Waals surface area (Å²) in [4.78, 5) is 30.7. The SMILES string of the molecule is Nc1ccc(/C=C/C(=O)NCc2cc3cc(-c4ccc(C(=O)N5CCCC5)cc4)cc(Cl)c3o2)cn1. The van der Waals surface area contributed by atoms with E-state index in [1.54, 1.807) is 24.4 Å². The van der Waals surface area contributed by atoms with Crippen molar-refractivity contribution in [3.8, 4) is 11.1 Å². The first-order chi connectivity index (χ1) is 17.5. The quantitative estimate of drug-likeness (QED) is 0.350. The fourth-order valence-electron chi connectivity index (χ4n) is 4.25. The molecule has 2 aromatic carbocycles. The topological polar surface area (TPSA) is 101 Å². The molecule has 4 aromatic rings. The summed E-state index contributed by atoms with van der Waals surface area (Å²) >= 11 is 6.52. The molecule has 2 aromatic heterocycles. The number of carbonyl (C=O) groups is 2. The number of pyridine rings is 1. The monoisotopic (exact) mass is 500 g/mol. The number of nitrogen functional groups attached to an aromatic ring is 1. The van der Waals surface area contributed by atoms with Crippen LogP contribution in [0.3, 0.4) is 0 Å². The predicted molar refractivity (Wildman–Crippen MR) is 141 cm³/mol. The van der Waals surface area contributed by atoms with Gasteiger partial charge in [0.15, 0.2) is 5.58 Å². The Morgan fingerprint density at radius 3 is 2.56 bits per heavy atom. The van der Waals surface area contributed by atoms with E-state index in [1.807, 2.05) is 47.4 Å². The van der Waals surface area contributed by atoms with E-state index in [0.29, 0.717) is 27.7 Å². The third-order valence-electron chi connectivity index (χ3n) is 6.15. The van der Waals surface area contributed by atoms with Crippen molar-refractivity contribution >= 4 is 46.3 Å². The number of halogens is 1. The minimum Gasteiger partial charge on any atom is -0.458 e. The lowest BCUT2D eigenvalue weighted by Crippen LogP contribution is -2.27. The van der Waals surface area contributed by atoms with E-state index in [0.717, 1.165) is 48.0 Å². The van der Waals surface area contributed by atoms with Crippen molar-refractivity contribution in [1.29, 1.82) is 0 Å². The number of fused-ring (bicyclic) bond motifs is 1. The maximum atomic E-state index is 12.6. The number of benzene rings is 2. The third-order valence-corrected chi connectivity index (χ3v) is 6.43. The van der Waals surface area contributed by atoms with Crippen LogP contribution >= 0.6 is 11.6 Å². The molecule has 0 bridgehead atoms. The molecule has 0 aliphatic carbocycles. The van der Waals surface area contributed by atoms with Gasteiger partial charge in [0.1, 0.15) is 11.6 Å². The van der Waals surface area contributed by atoms with E-state index in [2.05, 4.69) is 10.3 Å². The molecule has 36 heavy (non-hydrogen) atoms. The van der Waals surface area contributed by atoms with Gasteiger partial charge < -0.3 is 20.4 Å². The maximum absolute atomic E-state index is 12.6. The van der Waals surface area contributed by atoms with Crippen LogP contribution in [0.5, 0.6) is 0 Å². The minimum absolute atomic E-state index is 0.0778. The van der Waals surface area contributed by atoms with E-state index in [9.17, 15) is 9.59 Å². The zero-order chi connectivity index (χ0) is 25.1. The van der Waals surface area contributed by atoms with Gasteiger partial charge in [-0.05, 0) is 78.1 Å². The van der Waals surface area contributed by atoms with E-state index >= 15 is 0 Å². The number of likely N-dealkylation sites (tertiary alicyclic amines) is 1. The number of hydrogen-bond acceptors (Lipinski definition) is 5. The van der Waals surface area contributed by atoms with Gasteiger partial charge in [-0.1, -0.05) is 23.7 Å². The van der Waals surface area contributed by atoms with Gasteiger partial charge in [-0.3, -0.25) is 9.59 Å². The number of aromatic nitrogens is 1. The fraction of sp³-hybridized carbons (Fsp3) is 0.179. The van der Waals surface area contributed by atoms with E-state index in [-0.39, 0.29) is 18.4 Å². The number of nitrogens with two attached hydrogens (primary N) is 1. The standard InChI is InChI=1S/C28H25ClN4O3/c29-24-15-21(19-5-7-20(8-6-19)28(35)33-11-1-2-12-33)13-22-14-23(36-27(22)24)17-32-26(34)10-4-18-3-9-25(30)31-16-18/h3-10,13-16H,1-2,11-12,17H2,(H2,30,31)(H,32,34)/b10-4+. The highest BCUT2D eigenvalue weighted by Gasteiger charge is 2.19. The number of carbonyl (C=O) groups excluding carboxylic acids is 2. The van der Waals surface area contributed by atoms with Gasteiger partial charge in [0, 0.05) is 36.3 Å². The summed E-state index contributed by atoms with van der Waals surface area (Å²) in [5.41, 5.74) is 9.47. The molecule has 8 heteroatoms. The molecule has 0 radical (unpaired) electrons. The van der Waals surface area contributed by atoms with Crippen molar-refractivity contribution in [2.24, 2.45) is 0 Å².